The quantitative estimate of drug-likeness (QED) is 0.319. The second-order valence-corrected chi connectivity index (χ2v) is 6.78. The fourth-order valence-corrected chi connectivity index (χ4v) is 3.70. The Morgan fingerprint density at radius 1 is 0.607 bits per heavy atom. The molecule has 3 heteroatoms. The largest absolute Gasteiger partial charge is 0.360 e. The third kappa shape index (κ3) is 2.69. The van der Waals surface area contributed by atoms with Crippen molar-refractivity contribution < 1.29 is 0 Å². The molecule has 0 aliphatic heterocycles. The van der Waals surface area contributed by atoms with Crippen LogP contribution in [0.4, 0.5) is 0 Å². The number of aromatic amines is 2. The van der Waals surface area contributed by atoms with Crippen molar-refractivity contribution in [1.29, 1.82) is 5.26 Å². The molecular formula is C25H17N3. The number of nitriles is 1. The Labute approximate surface area is 161 Å². The average Bonchev–Trinajstić information content (AvgIpc) is 3.33. The number of H-pyrrole nitrogens is 2. The number of para-hydroxylation sites is 2. The first-order valence-electron chi connectivity index (χ1n) is 9.19. The summed E-state index contributed by atoms with van der Waals surface area (Å²) >= 11 is 0. The van der Waals surface area contributed by atoms with Crippen LogP contribution in [-0.2, 0) is 0 Å². The number of hydrogen-bond acceptors (Lipinski definition) is 1. The Morgan fingerprint density at radius 3 is 2.04 bits per heavy atom. The Kier molecular flexibility index (Phi) is 3.81. The number of nitrogens with one attached hydrogen (secondary N) is 2. The molecule has 28 heavy (non-hydrogen) atoms. The van der Waals surface area contributed by atoms with Crippen molar-refractivity contribution in [3.8, 4) is 6.07 Å². The maximum Gasteiger partial charge on any atom is 0.101 e. The second kappa shape index (κ2) is 6.61. The van der Waals surface area contributed by atoms with Crippen molar-refractivity contribution >= 4 is 43.5 Å². The summed E-state index contributed by atoms with van der Waals surface area (Å²) in [5.41, 5.74) is 4.15. The van der Waals surface area contributed by atoms with E-state index in [9.17, 15) is 0 Å². The van der Waals surface area contributed by atoms with Crippen LogP contribution in [0.15, 0.2) is 91.1 Å². The van der Waals surface area contributed by atoms with Crippen LogP contribution in [0, 0.1) is 11.3 Å². The first-order chi connectivity index (χ1) is 13.8. The van der Waals surface area contributed by atoms with Crippen molar-refractivity contribution in [2.75, 3.05) is 0 Å². The van der Waals surface area contributed by atoms with Gasteiger partial charge in [0.25, 0.3) is 0 Å². The lowest BCUT2D eigenvalue weighted by atomic mass is 10.1. The number of benzene rings is 4. The van der Waals surface area contributed by atoms with Gasteiger partial charge in [0.15, 0.2) is 0 Å². The van der Waals surface area contributed by atoms with E-state index in [0.29, 0.717) is 5.56 Å². The van der Waals surface area contributed by atoms with Gasteiger partial charge in [-0.25, -0.2) is 0 Å². The van der Waals surface area contributed by atoms with Gasteiger partial charge in [-0.05, 0) is 35.0 Å². The summed E-state index contributed by atoms with van der Waals surface area (Å²) in [5.74, 6) is 0. The first-order valence-corrected chi connectivity index (χ1v) is 9.19. The molecule has 0 amide bonds. The van der Waals surface area contributed by atoms with E-state index in [1.54, 1.807) is 6.20 Å². The smallest absolute Gasteiger partial charge is 0.101 e. The minimum absolute atomic E-state index is 0.709. The van der Waals surface area contributed by atoms with E-state index in [1.807, 2.05) is 24.3 Å². The van der Waals surface area contributed by atoms with Gasteiger partial charge in [0.05, 0.1) is 5.56 Å². The van der Waals surface area contributed by atoms with Crippen LogP contribution in [0.3, 0.4) is 0 Å². The van der Waals surface area contributed by atoms with Gasteiger partial charge in [0, 0.05) is 38.9 Å². The summed E-state index contributed by atoms with van der Waals surface area (Å²) in [5, 5.41) is 14.8. The topological polar surface area (TPSA) is 55.4 Å². The highest BCUT2D eigenvalue weighted by atomic mass is 14.7. The van der Waals surface area contributed by atoms with E-state index in [0.717, 1.165) is 10.9 Å². The molecule has 0 fully saturated rings. The predicted molar refractivity (Wildman–Crippen MR) is 116 cm³/mol. The van der Waals surface area contributed by atoms with Crippen molar-refractivity contribution in [3.05, 3.63) is 96.7 Å². The number of aromatic nitrogens is 2. The third-order valence-corrected chi connectivity index (χ3v) is 5.08. The molecular weight excluding hydrogens is 342 g/mol. The number of nitrogens with zero attached hydrogens (tertiary/aromatic N) is 1. The Hall–Kier alpha value is -4.03. The molecule has 6 rings (SSSR count). The van der Waals surface area contributed by atoms with E-state index >= 15 is 0 Å². The molecule has 0 saturated carbocycles. The fourth-order valence-electron chi connectivity index (χ4n) is 3.70. The highest BCUT2D eigenvalue weighted by Crippen LogP contribution is 2.29. The van der Waals surface area contributed by atoms with Crippen LogP contribution in [0.5, 0.6) is 0 Å². The normalized spacial score (nSPS) is 10.8. The zero-order valence-electron chi connectivity index (χ0n) is 15.1. The highest BCUT2D eigenvalue weighted by Gasteiger charge is 2.04. The van der Waals surface area contributed by atoms with Crippen molar-refractivity contribution in [2.24, 2.45) is 0 Å². The van der Waals surface area contributed by atoms with Gasteiger partial charge in [0.2, 0.25) is 0 Å². The molecule has 0 saturated heterocycles. The highest BCUT2D eigenvalue weighted by molar-refractivity contribution is 6.11. The summed E-state index contributed by atoms with van der Waals surface area (Å²) < 4.78 is 0. The summed E-state index contributed by atoms with van der Waals surface area (Å²) in [7, 11) is 0. The van der Waals surface area contributed by atoms with E-state index in [4.69, 9.17) is 5.26 Å². The monoisotopic (exact) mass is 359 g/mol. The number of rotatable bonds is 0. The number of hydrogen-bond donors (Lipinski definition) is 2. The van der Waals surface area contributed by atoms with Gasteiger partial charge in [-0.15, -0.1) is 0 Å². The molecule has 0 aliphatic rings. The minimum Gasteiger partial charge on any atom is -0.360 e. The van der Waals surface area contributed by atoms with Crippen molar-refractivity contribution in [3.63, 3.8) is 0 Å². The van der Waals surface area contributed by atoms with Crippen LogP contribution in [0.25, 0.3) is 43.5 Å². The Balaban J connectivity index is 0.000000135. The van der Waals surface area contributed by atoms with Crippen LogP contribution >= 0.6 is 0 Å². The maximum absolute atomic E-state index is 8.65. The molecule has 0 unspecified atom stereocenters. The summed E-state index contributed by atoms with van der Waals surface area (Å²) in [6.07, 6.45) is 1.73. The standard InChI is InChI=1S/C16H11N.C9H6N2/c1-2-6-12-10-16-14(9-11(12)5-1)13-7-3-4-8-15(13)17-16;10-5-7-6-11-9-4-2-1-3-8(7)9/h1-10,17H;1-4,6,11H. The van der Waals surface area contributed by atoms with Gasteiger partial charge in [0.1, 0.15) is 6.07 Å². The maximum atomic E-state index is 8.65. The Bertz CT molecular complexity index is 1470. The molecule has 2 heterocycles. The van der Waals surface area contributed by atoms with Crippen LogP contribution in [0.2, 0.25) is 0 Å². The summed E-state index contributed by atoms with van der Waals surface area (Å²) in [4.78, 5) is 6.49. The SMILES string of the molecule is N#Cc1c[nH]c2ccccc12.c1ccc2cc3c(cc2c1)[nH]c1ccccc13. The van der Waals surface area contributed by atoms with Crippen LogP contribution < -0.4 is 0 Å². The Morgan fingerprint density at radius 2 is 1.25 bits per heavy atom. The molecule has 3 nitrogen and oxygen atoms in total. The molecule has 0 atom stereocenters. The van der Waals surface area contributed by atoms with E-state index in [1.165, 1.54) is 32.6 Å². The van der Waals surface area contributed by atoms with Gasteiger partial charge in [-0.1, -0.05) is 60.7 Å². The van der Waals surface area contributed by atoms with Gasteiger partial charge >= 0.3 is 0 Å². The molecule has 0 aliphatic carbocycles. The van der Waals surface area contributed by atoms with E-state index in [-0.39, 0.29) is 0 Å². The zero-order valence-corrected chi connectivity index (χ0v) is 15.1. The molecule has 6 aromatic rings. The molecule has 132 valence electrons. The fraction of sp³-hybridized carbons (Fsp3) is 0. The zero-order chi connectivity index (χ0) is 18.9. The predicted octanol–water partition coefficient (Wildman–Crippen LogP) is 6.51. The lowest BCUT2D eigenvalue weighted by Gasteiger charge is -1.97. The summed E-state index contributed by atoms with van der Waals surface area (Å²) in [6.45, 7) is 0. The van der Waals surface area contributed by atoms with E-state index < -0.39 is 0 Å². The van der Waals surface area contributed by atoms with Crippen molar-refractivity contribution in [2.45, 2.75) is 0 Å². The summed E-state index contributed by atoms with van der Waals surface area (Å²) in [6, 6.07) is 31.3. The van der Waals surface area contributed by atoms with Crippen molar-refractivity contribution in [1.82, 2.24) is 9.97 Å². The average molecular weight is 359 g/mol. The van der Waals surface area contributed by atoms with E-state index in [2.05, 4.69) is 76.7 Å². The second-order valence-electron chi connectivity index (χ2n) is 6.78. The lowest BCUT2D eigenvalue weighted by Crippen LogP contribution is -1.72. The molecule has 2 aromatic heterocycles. The molecule has 0 radical (unpaired) electrons. The first kappa shape index (κ1) is 16.2. The van der Waals surface area contributed by atoms with Gasteiger partial charge in [-0.3, -0.25) is 0 Å². The molecule has 0 bridgehead atoms. The minimum atomic E-state index is 0.709. The number of fused-ring (bicyclic) bond motifs is 5. The molecule has 2 N–H and O–H groups in total. The third-order valence-electron chi connectivity index (χ3n) is 5.08. The van der Waals surface area contributed by atoms with Gasteiger partial charge < -0.3 is 9.97 Å². The van der Waals surface area contributed by atoms with Crippen LogP contribution in [0.1, 0.15) is 5.56 Å². The molecule has 4 aromatic carbocycles. The van der Waals surface area contributed by atoms with Crippen LogP contribution in [-0.4, -0.2) is 9.97 Å². The lowest BCUT2D eigenvalue weighted by molar-refractivity contribution is 1.45. The molecule has 0 spiro atoms. The van der Waals surface area contributed by atoms with Gasteiger partial charge in [-0.2, -0.15) is 5.26 Å².